The van der Waals surface area contributed by atoms with E-state index in [0.29, 0.717) is 12.2 Å². The van der Waals surface area contributed by atoms with Crippen LogP contribution in [0.2, 0.25) is 0 Å². The van der Waals surface area contributed by atoms with Gasteiger partial charge in [0.25, 0.3) is 5.79 Å². The summed E-state index contributed by atoms with van der Waals surface area (Å²) in [7, 11) is 0. The molecule has 0 bridgehead atoms. The number of hydrogen-bond donors (Lipinski definition) is 2. The lowest BCUT2D eigenvalue weighted by Crippen LogP contribution is -2.70. The van der Waals surface area contributed by atoms with Crippen LogP contribution in [0.4, 0.5) is 13.6 Å². The fraction of sp³-hybridized carbons (Fsp3) is 0.630. The lowest BCUT2D eigenvalue weighted by atomic mass is 9.45. The molecule has 0 aromatic carbocycles. The van der Waals surface area contributed by atoms with Crippen LogP contribution in [0.1, 0.15) is 63.2 Å². The van der Waals surface area contributed by atoms with Crippen molar-refractivity contribution < 1.29 is 47.4 Å². The number of aliphatic hydroxyl groups excluding tert-OH is 1. The Bertz CT molecular complexity index is 1260. The topological polar surface area (TPSA) is 136 Å². The third-order valence-corrected chi connectivity index (χ3v) is 9.67. The summed E-state index contributed by atoms with van der Waals surface area (Å²) in [6, 6.07) is 1.37. The molecule has 1 aromatic rings. The maximum absolute atomic E-state index is 17.3. The van der Waals surface area contributed by atoms with Crippen LogP contribution in [0.3, 0.4) is 0 Å². The Hall–Kier alpha value is -3.08. The summed E-state index contributed by atoms with van der Waals surface area (Å²) >= 11 is 0. The summed E-state index contributed by atoms with van der Waals surface area (Å²) in [5.41, 5.74) is -5.59. The van der Waals surface area contributed by atoms with Gasteiger partial charge in [0.1, 0.15) is 11.9 Å². The number of aryl methyl sites for hydroxylation is 1. The lowest BCUT2D eigenvalue weighted by Gasteiger charge is -2.62. The predicted octanol–water partition coefficient (Wildman–Crippen LogP) is 4.35. The molecule has 0 saturated heterocycles. The summed E-state index contributed by atoms with van der Waals surface area (Å²) in [5, 5.41) is 24.9. The second kappa shape index (κ2) is 8.46. The third-order valence-electron chi connectivity index (χ3n) is 9.67. The molecule has 206 valence electrons. The first-order valence-corrected chi connectivity index (χ1v) is 12.8. The second-order valence-corrected chi connectivity index (χ2v) is 11.5. The van der Waals surface area contributed by atoms with E-state index in [9.17, 15) is 24.6 Å². The minimum Gasteiger partial charge on any atom is -0.450 e. The zero-order valence-corrected chi connectivity index (χ0v) is 21.6. The van der Waals surface area contributed by atoms with Crippen molar-refractivity contribution in [3.63, 3.8) is 0 Å². The second-order valence-electron chi connectivity index (χ2n) is 11.5. The first kappa shape index (κ1) is 26.5. The quantitative estimate of drug-likeness (QED) is 0.426. The summed E-state index contributed by atoms with van der Waals surface area (Å²) < 4.78 is 49.2. The fourth-order valence-electron chi connectivity index (χ4n) is 7.84. The molecule has 3 saturated carbocycles. The van der Waals surface area contributed by atoms with Gasteiger partial charge in [0.05, 0.1) is 11.5 Å². The Morgan fingerprint density at radius 1 is 1.24 bits per heavy atom. The highest BCUT2D eigenvalue weighted by atomic mass is 19.1. The van der Waals surface area contributed by atoms with Crippen LogP contribution < -0.4 is 0 Å². The van der Waals surface area contributed by atoms with Gasteiger partial charge in [-0.2, -0.15) is 0 Å². The number of ketones is 1. The molecule has 9 nitrogen and oxygen atoms in total. The molecule has 38 heavy (non-hydrogen) atoms. The number of carboxylic acid groups (broad SMARTS) is 1. The van der Waals surface area contributed by atoms with Gasteiger partial charge in [0.15, 0.2) is 17.1 Å². The van der Waals surface area contributed by atoms with Crippen LogP contribution in [-0.4, -0.2) is 57.0 Å². The minimum atomic E-state index is -2.37. The van der Waals surface area contributed by atoms with Gasteiger partial charge < -0.3 is 24.2 Å². The van der Waals surface area contributed by atoms with Gasteiger partial charge in [-0.15, -0.1) is 0 Å². The van der Waals surface area contributed by atoms with Gasteiger partial charge in [-0.3, -0.25) is 4.79 Å². The highest BCUT2D eigenvalue weighted by Gasteiger charge is 2.78. The zero-order valence-electron chi connectivity index (χ0n) is 21.6. The molecule has 0 spiro atoms. The Balaban J connectivity index is 1.60. The molecule has 0 amide bonds. The normalized spacial score (nSPS) is 43.5. The van der Waals surface area contributed by atoms with E-state index in [1.807, 2.05) is 0 Å². The van der Waals surface area contributed by atoms with E-state index in [4.69, 9.17) is 14.0 Å². The maximum atomic E-state index is 17.3. The summed E-state index contributed by atoms with van der Waals surface area (Å²) in [4.78, 5) is 37.1. The summed E-state index contributed by atoms with van der Waals surface area (Å²) in [6.07, 6.45) is -1.56. The monoisotopic (exact) mass is 535 g/mol. The SMILES string of the molecule is CCc1cc(C(=O)O[C@]2(OC(=O)O)[C@H](C)C[C@H]3[C@@H]4C[C@H](F)C5=CC(=O)C=C[C@]5(C)[C@@]4(F)[C@@H](O)C[C@@]32C)no1. The number of halogens is 2. The zero-order chi connectivity index (χ0) is 27.8. The van der Waals surface area contributed by atoms with Gasteiger partial charge in [0, 0.05) is 29.7 Å². The number of alkyl halides is 2. The van der Waals surface area contributed by atoms with E-state index in [0.717, 1.165) is 6.08 Å². The van der Waals surface area contributed by atoms with E-state index < -0.39 is 70.2 Å². The van der Waals surface area contributed by atoms with Crippen LogP contribution in [0.15, 0.2) is 34.4 Å². The van der Waals surface area contributed by atoms with Gasteiger partial charge in [-0.05, 0) is 49.8 Å². The number of allylic oxidation sites excluding steroid dienone is 4. The van der Waals surface area contributed by atoms with Crippen molar-refractivity contribution in [2.75, 3.05) is 0 Å². The average molecular weight is 536 g/mol. The molecule has 1 aromatic heterocycles. The summed E-state index contributed by atoms with van der Waals surface area (Å²) in [5.74, 6) is -5.74. The van der Waals surface area contributed by atoms with Crippen molar-refractivity contribution in [3.8, 4) is 0 Å². The van der Waals surface area contributed by atoms with Crippen molar-refractivity contribution in [1.29, 1.82) is 0 Å². The molecular weight excluding hydrogens is 504 g/mol. The molecule has 4 aliphatic rings. The van der Waals surface area contributed by atoms with Crippen molar-refractivity contribution in [1.82, 2.24) is 5.16 Å². The van der Waals surface area contributed by atoms with E-state index in [1.165, 1.54) is 25.1 Å². The number of carbonyl (C=O) groups excluding carboxylic acids is 2. The Labute approximate surface area is 217 Å². The minimum absolute atomic E-state index is 0.0188. The Kier molecular flexibility index (Phi) is 5.90. The number of rotatable bonds is 4. The highest BCUT2D eigenvalue weighted by Crippen LogP contribution is 2.71. The molecule has 0 radical (unpaired) electrons. The number of ether oxygens (including phenoxy) is 2. The first-order chi connectivity index (χ1) is 17.7. The van der Waals surface area contributed by atoms with Gasteiger partial charge in [-0.25, -0.2) is 18.4 Å². The Morgan fingerprint density at radius 3 is 2.58 bits per heavy atom. The maximum Gasteiger partial charge on any atom is 0.509 e. The van der Waals surface area contributed by atoms with E-state index in [2.05, 4.69) is 5.16 Å². The molecule has 0 aliphatic heterocycles. The molecule has 3 fully saturated rings. The number of aliphatic hydroxyl groups is 1. The number of esters is 1. The molecule has 9 atom stereocenters. The van der Waals surface area contributed by atoms with Crippen LogP contribution in [0.5, 0.6) is 0 Å². The average Bonchev–Trinajstić information content (AvgIpc) is 3.40. The number of fused-ring (bicyclic) bond motifs is 5. The predicted molar refractivity (Wildman–Crippen MR) is 126 cm³/mol. The van der Waals surface area contributed by atoms with Crippen LogP contribution in [0, 0.1) is 28.6 Å². The highest BCUT2D eigenvalue weighted by molar-refractivity contribution is 6.01. The van der Waals surface area contributed by atoms with E-state index in [1.54, 1.807) is 20.8 Å². The molecule has 4 aliphatic carbocycles. The molecule has 1 heterocycles. The standard InChI is InChI=1S/C27H31F2NO8/c1-5-15-10-20(30-38-15)22(33)36-27(37-23(34)35)13(2)8-16-17-11-19(28)18-9-14(31)6-7-24(18,3)26(17,29)21(32)12-25(16,27)4/h6-7,9-10,13,16-17,19,21,32H,5,8,11-12H2,1-4H3,(H,34,35)/t13-,16+,17+,19+,21+,24+,25+,26+,27+/m1/s1. The van der Waals surface area contributed by atoms with Crippen molar-refractivity contribution >= 4 is 17.9 Å². The van der Waals surface area contributed by atoms with Gasteiger partial charge in [0.2, 0.25) is 0 Å². The van der Waals surface area contributed by atoms with Crippen LogP contribution in [0.25, 0.3) is 0 Å². The van der Waals surface area contributed by atoms with Gasteiger partial charge in [-0.1, -0.05) is 32.0 Å². The van der Waals surface area contributed by atoms with Crippen molar-refractivity contribution in [2.24, 2.45) is 28.6 Å². The first-order valence-electron chi connectivity index (χ1n) is 12.8. The number of hydrogen-bond acceptors (Lipinski definition) is 8. The molecule has 2 N–H and O–H groups in total. The molecular formula is C27H31F2NO8. The molecule has 5 rings (SSSR count). The molecule has 11 heteroatoms. The number of aromatic nitrogens is 1. The van der Waals surface area contributed by atoms with Gasteiger partial charge >= 0.3 is 12.1 Å². The largest absolute Gasteiger partial charge is 0.509 e. The smallest absolute Gasteiger partial charge is 0.450 e. The number of nitrogens with zero attached hydrogens (tertiary/aromatic N) is 1. The van der Waals surface area contributed by atoms with Crippen molar-refractivity contribution in [3.05, 3.63) is 41.3 Å². The number of carbonyl (C=O) groups is 3. The Morgan fingerprint density at radius 2 is 1.95 bits per heavy atom. The fourth-order valence-corrected chi connectivity index (χ4v) is 7.84. The van der Waals surface area contributed by atoms with Crippen LogP contribution >= 0.6 is 0 Å². The lowest BCUT2D eigenvalue weighted by molar-refractivity contribution is -0.290. The summed E-state index contributed by atoms with van der Waals surface area (Å²) in [6.45, 7) is 6.47. The van der Waals surface area contributed by atoms with Crippen molar-refractivity contribution in [2.45, 2.75) is 77.1 Å². The molecule has 0 unspecified atom stereocenters. The van der Waals surface area contributed by atoms with E-state index >= 15 is 8.78 Å². The van der Waals surface area contributed by atoms with E-state index in [-0.39, 0.29) is 30.5 Å². The van der Waals surface area contributed by atoms with Crippen LogP contribution in [-0.2, 0) is 20.7 Å². The third kappa shape index (κ3) is 3.29.